The molecule has 0 saturated heterocycles. The van der Waals surface area contributed by atoms with Crippen LogP contribution in [0.4, 0.5) is 0 Å². The van der Waals surface area contributed by atoms with Gasteiger partial charge in [0.25, 0.3) is 0 Å². The third kappa shape index (κ3) is 4.09. The number of likely N-dealkylation sites (N-methyl/N-ethyl adjacent to an activating group) is 1. The predicted octanol–water partition coefficient (Wildman–Crippen LogP) is 0.787. The maximum Gasteiger partial charge on any atom is 0.321 e. The fraction of sp³-hybridized carbons (Fsp3) is 0.429. The van der Waals surface area contributed by atoms with Crippen molar-refractivity contribution >= 4 is 5.97 Å². The zero-order valence-corrected chi connectivity index (χ0v) is 12.4. The fourth-order valence-electron chi connectivity index (χ4n) is 2.05. The van der Waals surface area contributed by atoms with Gasteiger partial charge >= 0.3 is 5.97 Å². The molecule has 0 aliphatic heterocycles. The fourth-order valence-corrected chi connectivity index (χ4v) is 2.05. The van der Waals surface area contributed by atoms with E-state index in [4.69, 9.17) is 4.52 Å². The van der Waals surface area contributed by atoms with E-state index >= 15 is 0 Å². The molecule has 22 heavy (non-hydrogen) atoms. The Balaban J connectivity index is 2.07. The van der Waals surface area contributed by atoms with Gasteiger partial charge in [-0.15, -0.1) is 0 Å². The van der Waals surface area contributed by atoms with E-state index in [0.717, 1.165) is 5.56 Å². The Morgan fingerprint density at radius 1 is 1.50 bits per heavy atom. The number of aliphatic hydroxyl groups excluding tert-OH is 1. The molecule has 2 atom stereocenters. The SMILES string of the molecule is CC(O)CC(C(=O)O)N(C)Cc1nc(-c2cccnc2)no1. The van der Waals surface area contributed by atoms with Crippen molar-refractivity contribution in [2.75, 3.05) is 7.05 Å². The van der Waals surface area contributed by atoms with E-state index in [1.807, 2.05) is 0 Å². The largest absolute Gasteiger partial charge is 0.480 e. The second-order valence-electron chi connectivity index (χ2n) is 5.11. The minimum absolute atomic E-state index is 0.120. The van der Waals surface area contributed by atoms with E-state index in [1.54, 1.807) is 43.4 Å². The number of carbonyl (C=O) groups is 1. The van der Waals surface area contributed by atoms with Crippen LogP contribution >= 0.6 is 0 Å². The minimum Gasteiger partial charge on any atom is -0.480 e. The molecule has 0 aliphatic rings. The van der Waals surface area contributed by atoms with Crippen LogP contribution in [0, 0.1) is 0 Å². The van der Waals surface area contributed by atoms with Crippen LogP contribution in [-0.4, -0.2) is 55.4 Å². The van der Waals surface area contributed by atoms with Crippen molar-refractivity contribution in [3.63, 3.8) is 0 Å². The lowest BCUT2D eigenvalue weighted by Crippen LogP contribution is -2.40. The van der Waals surface area contributed by atoms with E-state index < -0.39 is 18.1 Å². The number of aromatic nitrogens is 3. The molecule has 0 spiro atoms. The Hall–Kier alpha value is -2.32. The molecule has 2 N–H and O–H groups in total. The molecule has 0 fully saturated rings. The molecule has 0 bridgehead atoms. The van der Waals surface area contributed by atoms with Crippen molar-refractivity contribution in [3.8, 4) is 11.4 Å². The first-order valence-corrected chi connectivity index (χ1v) is 6.81. The van der Waals surface area contributed by atoms with Crippen LogP contribution in [0.15, 0.2) is 29.0 Å². The summed E-state index contributed by atoms with van der Waals surface area (Å²) in [6.07, 6.45) is 2.67. The second-order valence-corrected chi connectivity index (χ2v) is 5.11. The van der Waals surface area contributed by atoms with E-state index in [2.05, 4.69) is 15.1 Å². The van der Waals surface area contributed by atoms with Crippen molar-refractivity contribution in [1.29, 1.82) is 0 Å². The normalized spacial score (nSPS) is 14.0. The third-order valence-corrected chi connectivity index (χ3v) is 3.15. The average molecular weight is 306 g/mol. The Morgan fingerprint density at radius 2 is 2.27 bits per heavy atom. The summed E-state index contributed by atoms with van der Waals surface area (Å²) < 4.78 is 5.14. The van der Waals surface area contributed by atoms with Gasteiger partial charge in [-0.2, -0.15) is 4.98 Å². The zero-order valence-electron chi connectivity index (χ0n) is 12.4. The number of hydrogen-bond acceptors (Lipinski definition) is 7. The summed E-state index contributed by atoms with van der Waals surface area (Å²) in [5, 5.41) is 22.5. The number of nitrogens with zero attached hydrogens (tertiary/aromatic N) is 4. The number of aliphatic carboxylic acids is 1. The topological polar surface area (TPSA) is 113 Å². The Bertz CT molecular complexity index is 614. The van der Waals surface area contributed by atoms with Gasteiger partial charge in [-0.25, -0.2) is 0 Å². The van der Waals surface area contributed by atoms with Crippen molar-refractivity contribution < 1.29 is 19.5 Å². The lowest BCUT2D eigenvalue weighted by Gasteiger charge is -2.23. The molecular weight excluding hydrogens is 288 g/mol. The van der Waals surface area contributed by atoms with Crippen LogP contribution in [0.3, 0.4) is 0 Å². The molecule has 0 radical (unpaired) electrons. The number of carboxylic acid groups (broad SMARTS) is 1. The molecular formula is C14H18N4O4. The Labute approximate surface area is 127 Å². The van der Waals surface area contributed by atoms with E-state index in [9.17, 15) is 15.0 Å². The van der Waals surface area contributed by atoms with Gasteiger partial charge in [-0.05, 0) is 32.5 Å². The molecule has 2 rings (SSSR count). The lowest BCUT2D eigenvalue weighted by molar-refractivity contribution is -0.144. The number of rotatable bonds is 7. The monoisotopic (exact) mass is 306 g/mol. The predicted molar refractivity (Wildman–Crippen MR) is 76.7 cm³/mol. The van der Waals surface area contributed by atoms with Gasteiger partial charge < -0.3 is 14.7 Å². The molecule has 118 valence electrons. The van der Waals surface area contributed by atoms with E-state index in [-0.39, 0.29) is 13.0 Å². The first-order chi connectivity index (χ1) is 10.5. The third-order valence-electron chi connectivity index (χ3n) is 3.15. The summed E-state index contributed by atoms with van der Waals surface area (Å²) in [7, 11) is 1.63. The van der Waals surface area contributed by atoms with Crippen LogP contribution in [0.5, 0.6) is 0 Å². The van der Waals surface area contributed by atoms with Crippen molar-refractivity contribution in [2.45, 2.75) is 32.0 Å². The molecule has 0 amide bonds. The minimum atomic E-state index is -1.00. The highest BCUT2D eigenvalue weighted by Gasteiger charge is 2.25. The molecule has 8 heteroatoms. The zero-order chi connectivity index (χ0) is 16.1. The molecule has 2 aromatic heterocycles. The van der Waals surface area contributed by atoms with Crippen LogP contribution in [-0.2, 0) is 11.3 Å². The first-order valence-electron chi connectivity index (χ1n) is 6.81. The van der Waals surface area contributed by atoms with Gasteiger partial charge in [0, 0.05) is 18.0 Å². The maximum atomic E-state index is 11.3. The highest BCUT2D eigenvalue weighted by Crippen LogP contribution is 2.15. The summed E-state index contributed by atoms with van der Waals surface area (Å²) in [6.45, 7) is 1.73. The van der Waals surface area contributed by atoms with Gasteiger partial charge in [-0.1, -0.05) is 5.16 Å². The average Bonchev–Trinajstić information content (AvgIpc) is 2.93. The highest BCUT2D eigenvalue weighted by atomic mass is 16.5. The molecule has 0 aromatic carbocycles. The lowest BCUT2D eigenvalue weighted by atomic mass is 10.1. The highest BCUT2D eigenvalue weighted by molar-refractivity contribution is 5.73. The summed E-state index contributed by atoms with van der Waals surface area (Å²) in [5.74, 6) is -0.299. The molecule has 2 unspecified atom stereocenters. The van der Waals surface area contributed by atoms with Crippen LogP contribution in [0.25, 0.3) is 11.4 Å². The van der Waals surface area contributed by atoms with Gasteiger partial charge in [-0.3, -0.25) is 14.7 Å². The summed E-state index contributed by atoms with van der Waals surface area (Å²) in [4.78, 5) is 21.0. The quantitative estimate of drug-likeness (QED) is 0.772. The molecule has 0 saturated carbocycles. The number of hydrogen-bond donors (Lipinski definition) is 2. The molecule has 8 nitrogen and oxygen atoms in total. The van der Waals surface area contributed by atoms with Gasteiger partial charge in [0.15, 0.2) is 0 Å². The standard InChI is InChI=1S/C14H18N4O4/c1-9(19)6-11(14(20)21)18(2)8-12-16-13(17-22-12)10-4-3-5-15-7-10/h3-5,7,9,11,19H,6,8H2,1-2H3,(H,20,21). The van der Waals surface area contributed by atoms with E-state index in [1.165, 1.54) is 0 Å². The van der Waals surface area contributed by atoms with Crippen molar-refractivity contribution in [2.24, 2.45) is 0 Å². The molecule has 2 heterocycles. The summed E-state index contributed by atoms with van der Waals surface area (Å²) >= 11 is 0. The number of pyridine rings is 1. The molecule has 0 aliphatic carbocycles. The van der Waals surface area contributed by atoms with Crippen molar-refractivity contribution in [1.82, 2.24) is 20.0 Å². The number of carboxylic acids is 1. The second kappa shape index (κ2) is 7.10. The summed E-state index contributed by atoms with van der Waals surface area (Å²) in [6, 6.07) is 2.74. The van der Waals surface area contributed by atoms with Gasteiger partial charge in [0.2, 0.25) is 11.7 Å². The van der Waals surface area contributed by atoms with Gasteiger partial charge in [0.05, 0.1) is 12.6 Å². The number of aliphatic hydroxyl groups is 1. The smallest absolute Gasteiger partial charge is 0.321 e. The summed E-state index contributed by atoms with van der Waals surface area (Å²) in [5.41, 5.74) is 0.721. The van der Waals surface area contributed by atoms with Crippen LogP contribution < -0.4 is 0 Å². The Morgan fingerprint density at radius 3 is 2.86 bits per heavy atom. The molecule has 2 aromatic rings. The van der Waals surface area contributed by atoms with E-state index in [0.29, 0.717) is 11.7 Å². The maximum absolute atomic E-state index is 11.3. The first kappa shape index (κ1) is 16.1. The van der Waals surface area contributed by atoms with Crippen LogP contribution in [0.2, 0.25) is 0 Å². The van der Waals surface area contributed by atoms with Gasteiger partial charge in [0.1, 0.15) is 6.04 Å². The Kier molecular flexibility index (Phi) is 5.18. The van der Waals surface area contributed by atoms with Crippen LogP contribution in [0.1, 0.15) is 19.2 Å². The van der Waals surface area contributed by atoms with Crippen molar-refractivity contribution in [3.05, 3.63) is 30.4 Å².